The van der Waals surface area contributed by atoms with Gasteiger partial charge in [-0.2, -0.15) is 0 Å². The second kappa shape index (κ2) is 28.1. The fourth-order valence-corrected chi connectivity index (χ4v) is 3.88. The van der Waals surface area contributed by atoms with E-state index in [9.17, 15) is 39.6 Å². The predicted molar refractivity (Wildman–Crippen MR) is 156 cm³/mol. The van der Waals surface area contributed by atoms with E-state index in [4.69, 9.17) is 29.2 Å². The first kappa shape index (κ1) is 41.6. The summed E-state index contributed by atoms with van der Waals surface area (Å²) < 4.78 is 19.9. The Morgan fingerprint density at radius 2 is 0.705 bits per heavy atom. The van der Waals surface area contributed by atoms with Gasteiger partial charge in [-0.15, -0.1) is 0 Å². The molecule has 258 valence electrons. The van der Waals surface area contributed by atoms with Crippen molar-refractivity contribution >= 4 is 23.9 Å². The molecule has 0 unspecified atom stereocenters. The quantitative estimate of drug-likeness (QED) is 0.0379. The normalized spacial score (nSPS) is 13.9. The number of hydrogen-bond donors (Lipinski definition) is 6. The van der Waals surface area contributed by atoms with Crippen LogP contribution in [0.4, 0.5) is 0 Å². The van der Waals surface area contributed by atoms with Gasteiger partial charge in [-0.3, -0.25) is 19.2 Å². The molecule has 0 bridgehead atoms. The third-order valence-electron chi connectivity index (χ3n) is 6.62. The standard InChI is InChI=1S/C30H54O14/c31-17-9-1-3-11-19-41-25(35)13-5-7-15-27(37)43-21-23(33)29(39)30(40)24(34)22-44-28(38)16-8-6-14-26(36)42-20-12-4-2-10-18-32/h23-24,29-34,39-40H,1-22H2/t23-,24+,29-,30-/m1/s1. The van der Waals surface area contributed by atoms with E-state index < -0.39 is 49.6 Å². The number of rotatable bonds is 29. The number of carbonyl (C=O) groups excluding carboxylic acids is 4. The average Bonchev–Trinajstić information content (AvgIpc) is 3.01. The topological polar surface area (TPSA) is 227 Å². The molecule has 0 aliphatic carbocycles. The van der Waals surface area contributed by atoms with Crippen LogP contribution in [-0.4, -0.2) is 119 Å². The summed E-state index contributed by atoms with van der Waals surface area (Å²) in [5.74, 6) is -2.10. The fraction of sp³-hybridized carbons (Fsp3) is 0.867. The minimum Gasteiger partial charge on any atom is -0.466 e. The largest absolute Gasteiger partial charge is 0.466 e. The van der Waals surface area contributed by atoms with E-state index >= 15 is 0 Å². The summed E-state index contributed by atoms with van der Waals surface area (Å²) in [5, 5.41) is 57.6. The zero-order valence-corrected chi connectivity index (χ0v) is 25.8. The highest BCUT2D eigenvalue weighted by Gasteiger charge is 2.32. The Hall–Kier alpha value is -2.36. The highest BCUT2D eigenvalue weighted by Crippen LogP contribution is 2.10. The lowest BCUT2D eigenvalue weighted by Gasteiger charge is -2.26. The van der Waals surface area contributed by atoms with Crippen LogP contribution in [0.25, 0.3) is 0 Å². The van der Waals surface area contributed by atoms with Crippen LogP contribution in [-0.2, 0) is 38.1 Å². The van der Waals surface area contributed by atoms with Crippen molar-refractivity contribution in [3.63, 3.8) is 0 Å². The first-order valence-corrected chi connectivity index (χ1v) is 15.7. The maximum atomic E-state index is 11.9. The van der Waals surface area contributed by atoms with Gasteiger partial charge in [0, 0.05) is 38.9 Å². The van der Waals surface area contributed by atoms with Crippen LogP contribution in [0, 0.1) is 0 Å². The van der Waals surface area contributed by atoms with Crippen LogP contribution in [0.5, 0.6) is 0 Å². The van der Waals surface area contributed by atoms with E-state index in [1.54, 1.807) is 0 Å². The number of aliphatic hydroxyl groups is 6. The molecule has 0 heterocycles. The molecule has 0 amide bonds. The smallest absolute Gasteiger partial charge is 0.305 e. The van der Waals surface area contributed by atoms with Gasteiger partial charge in [0.25, 0.3) is 0 Å². The Morgan fingerprint density at radius 3 is 1.02 bits per heavy atom. The molecule has 0 aliphatic heterocycles. The minimum absolute atomic E-state index is 0.0360. The lowest BCUT2D eigenvalue weighted by Crippen LogP contribution is -2.48. The molecule has 0 aliphatic rings. The third kappa shape index (κ3) is 24.0. The van der Waals surface area contributed by atoms with Crippen LogP contribution >= 0.6 is 0 Å². The molecule has 0 saturated heterocycles. The Morgan fingerprint density at radius 1 is 0.409 bits per heavy atom. The minimum atomic E-state index is -1.89. The molecular weight excluding hydrogens is 584 g/mol. The SMILES string of the molecule is O=C(CCCCC(=O)OC[C@@H](O)[C@@H](O)[C@H](O)[C@@H](O)COC(=O)CCCCC(=O)OCCCCCCO)OCCCCCCO. The lowest BCUT2D eigenvalue weighted by molar-refractivity contribution is -0.162. The van der Waals surface area contributed by atoms with Gasteiger partial charge in [0.15, 0.2) is 0 Å². The van der Waals surface area contributed by atoms with E-state index in [2.05, 4.69) is 0 Å². The van der Waals surface area contributed by atoms with Gasteiger partial charge in [0.05, 0.1) is 13.2 Å². The number of unbranched alkanes of at least 4 members (excludes halogenated alkanes) is 8. The molecule has 0 fully saturated rings. The predicted octanol–water partition coefficient (Wildman–Crippen LogP) is 0.829. The highest BCUT2D eigenvalue weighted by molar-refractivity contribution is 5.71. The number of carbonyl (C=O) groups is 4. The zero-order valence-electron chi connectivity index (χ0n) is 25.8. The van der Waals surface area contributed by atoms with Crippen LogP contribution in [0.3, 0.4) is 0 Å². The first-order chi connectivity index (χ1) is 21.1. The average molecular weight is 639 g/mol. The first-order valence-electron chi connectivity index (χ1n) is 15.7. The van der Waals surface area contributed by atoms with Gasteiger partial charge >= 0.3 is 23.9 Å². The molecule has 14 heteroatoms. The summed E-state index contributed by atoms with van der Waals surface area (Å²) in [5.41, 5.74) is 0. The summed E-state index contributed by atoms with van der Waals surface area (Å²) >= 11 is 0. The van der Waals surface area contributed by atoms with Crippen LogP contribution in [0.1, 0.15) is 103 Å². The van der Waals surface area contributed by atoms with Crippen LogP contribution in [0.15, 0.2) is 0 Å². The fourth-order valence-electron chi connectivity index (χ4n) is 3.88. The van der Waals surface area contributed by atoms with Crippen molar-refractivity contribution in [3.05, 3.63) is 0 Å². The molecule has 6 N–H and O–H groups in total. The molecule has 0 aromatic rings. The summed E-state index contributed by atoms with van der Waals surface area (Å²) in [6.45, 7) is -0.381. The van der Waals surface area contributed by atoms with Crippen molar-refractivity contribution in [3.8, 4) is 0 Å². The molecule has 4 atom stereocenters. The van der Waals surface area contributed by atoms with Gasteiger partial charge in [-0.05, 0) is 64.2 Å². The monoisotopic (exact) mass is 638 g/mol. The van der Waals surface area contributed by atoms with Gasteiger partial charge in [0.1, 0.15) is 37.6 Å². The summed E-state index contributed by atoms with van der Waals surface area (Å²) in [6, 6.07) is 0. The van der Waals surface area contributed by atoms with Crippen molar-refractivity contribution in [1.82, 2.24) is 0 Å². The van der Waals surface area contributed by atoms with Crippen LogP contribution in [0.2, 0.25) is 0 Å². The van der Waals surface area contributed by atoms with Gasteiger partial charge in [-0.25, -0.2) is 0 Å². The molecule has 14 nitrogen and oxygen atoms in total. The summed E-state index contributed by atoms with van der Waals surface area (Å²) in [7, 11) is 0. The zero-order chi connectivity index (χ0) is 33.0. The Bertz CT molecular complexity index is 700. The third-order valence-corrected chi connectivity index (χ3v) is 6.62. The number of aliphatic hydroxyl groups excluding tert-OH is 6. The Kier molecular flexibility index (Phi) is 26.6. The van der Waals surface area contributed by atoms with Gasteiger partial charge in [0.2, 0.25) is 0 Å². The lowest BCUT2D eigenvalue weighted by atomic mass is 10.0. The Balaban J connectivity index is 3.96. The second-order valence-electron chi connectivity index (χ2n) is 10.6. The second-order valence-corrected chi connectivity index (χ2v) is 10.6. The maximum absolute atomic E-state index is 11.9. The van der Waals surface area contributed by atoms with E-state index in [1.165, 1.54) is 0 Å². The van der Waals surface area contributed by atoms with E-state index in [-0.39, 0.29) is 50.8 Å². The van der Waals surface area contributed by atoms with E-state index in [0.717, 1.165) is 51.4 Å². The maximum Gasteiger partial charge on any atom is 0.305 e. The molecule has 0 spiro atoms. The van der Waals surface area contributed by atoms with E-state index in [1.807, 2.05) is 0 Å². The molecule has 0 saturated carbocycles. The van der Waals surface area contributed by atoms with Gasteiger partial charge < -0.3 is 49.6 Å². The molecule has 0 aromatic heterocycles. The van der Waals surface area contributed by atoms with Gasteiger partial charge in [-0.1, -0.05) is 12.8 Å². The molecule has 0 rings (SSSR count). The summed E-state index contributed by atoms with van der Waals surface area (Å²) in [4.78, 5) is 47.1. The van der Waals surface area contributed by atoms with E-state index in [0.29, 0.717) is 38.9 Å². The number of esters is 4. The molecular formula is C30H54O14. The van der Waals surface area contributed by atoms with Crippen LogP contribution < -0.4 is 0 Å². The van der Waals surface area contributed by atoms with Crippen molar-refractivity contribution in [2.75, 3.05) is 39.6 Å². The molecule has 0 radical (unpaired) electrons. The van der Waals surface area contributed by atoms with Crippen molar-refractivity contribution in [1.29, 1.82) is 0 Å². The number of ether oxygens (including phenoxy) is 4. The summed E-state index contributed by atoms with van der Waals surface area (Å²) in [6.07, 6.45) is 0.814. The van der Waals surface area contributed by atoms with Crippen molar-refractivity contribution in [2.45, 2.75) is 127 Å². The molecule has 0 aromatic carbocycles. The number of hydrogen-bond acceptors (Lipinski definition) is 14. The van der Waals surface area contributed by atoms with Crippen molar-refractivity contribution < 1.29 is 68.8 Å². The Labute approximate surface area is 259 Å². The molecule has 44 heavy (non-hydrogen) atoms. The highest BCUT2D eigenvalue weighted by atomic mass is 16.6. The van der Waals surface area contributed by atoms with Crippen molar-refractivity contribution in [2.24, 2.45) is 0 Å².